The van der Waals surface area contributed by atoms with Crippen molar-refractivity contribution in [3.05, 3.63) is 41.9 Å². The number of anilines is 1. The molecule has 15 heavy (non-hydrogen) atoms. The monoisotopic (exact) mass is 202 g/mol. The number of nitrogen functional groups attached to an aromatic ring is 1. The number of pyridine rings is 1. The summed E-state index contributed by atoms with van der Waals surface area (Å²) < 4.78 is 1.86. The van der Waals surface area contributed by atoms with E-state index in [-0.39, 0.29) is 0 Å². The number of nitrogens with zero attached hydrogens (tertiary/aromatic N) is 3. The molecule has 0 aliphatic rings. The van der Waals surface area contributed by atoms with Gasteiger partial charge in [0.25, 0.3) is 0 Å². The average Bonchev–Trinajstić information content (AvgIpc) is 2.60. The lowest BCUT2D eigenvalue weighted by molar-refractivity contribution is 0.688. The summed E-state index contributed by atoms with van der Waals surface area (Å²) >= 11 is 0. The van der Waals surface area contributed by atoms with Gasteiger partial charge in [-0.25, -0.2) is 0 Å². The fourth-order valence-electron chi connectivity index (χ4n) is 1.51. The van der Waals surface area contributed by atoms with E-state index in [1.807, 2.05) is 23.0 Å². The Morgan fingerprint density at radius 3 is 2.67 bits per heavy atom. The van der Waals surface area contributed by atoms with Crippen LogP contribution in [0.2, 0.25) is 0 Å². The zero-order chi connectivity index (χ0) is 10.7. The van der Waals surface area contributed by atoms with Crippen molar-refractivity contribution >= 4 is 5.82 Å². The lowest BCUT2D eigenvalue weighted by Gasteiger charge is -1.99. The molecular formula is C11H14N4. The van der Waals surface area contributed by atoms with Crippen molar-refractivity contribution in [2.45, 2.75) is 19.9 Å². The second-order valence-electron chi connectivity index (χ2n) is 3.45. The highest BCUT2D eigenvalue weighted by atomic mass is 15.3. The van der Waals surface area contributed by atoms with Crippen molar-refractivity contribution in [3.63, 3.8) is 0 Å². The third-order valence-corrected chi connectivity index (χ3v) is 2.34. The molecule has 2 rings (SSSR count). The molecule has 0 spiro atoms. The second kappa shape index (κ2) is 4.13. The molecule has 0 saturated heterocycles. The summed E-state index contributed by atoms with van der Waals surface area (Å²) in [6, 6.07) is 3.95. The van der Waals surface area contributed by atoms with Gasteiger partial charge in [-0.3, -0.25) is 9.67 Å². The zero-order valence-electron chi connectivity index (χ0n) is 8.72. The van der Waals surface area contributed by atoms with E-state index in [4.69, 9.17) is 5.73 Å². The van der Waals surface area contributed by atoms with Gasteiger partial charge in [-0.1, -0.05) is 6.92 Å². The maximum Gasteiger partial charge on any atom is 0.148 e. The molecule has 0 radical (unpaired) electrons. The van der Waals surface area contributed by atoms with Crippen LogP contribution in [0.4, 0.5) is 5.82 Å². The number of hydrogen-bond acceptors (Lipinski definition) is 3. The number of aromatic nitrogens is 3. The van der Waals surface area contributed by atoms with Gasteiger partial charge in [0.1, 0.15) is 5.82 Å². The van der Waals surface area contributed by atoms with Crippen LogP contribution < -0.4 is 5.73 Å². The molecule has 2 heterocycles. The van der Waals surface area contributed by atoms with Gasteiger partial charge in [-0.2, -0.15) is 5.10 Å². The van der Waals surface area contributed by atoms with E-state index in [2.05, 4.69) is 17.0 Å². The smallest absolute Gasteiger partial charge is 0.148 e. The minimum absolute atomic E-state index is 0.631. The summed E-state index contributed by atoms with van der Waals surface area (Å²) in [6.45, 7) is 2.82. The Labute approximate surface area is 88.8 Å². The topological polar surface area (TPSA) is 56.7 Å². The molecule has 2 aromatic heterocycles. The highest BCUT2D eigenvalue weighted by molar-refractivity contribution is 5.37. The van der Waals surface area contributed by atoms with Gasteiger partial charge < -0.3 is 5.73 Å². The first kappa shape index (κ1) is 9.71. The van der Waals surface area contributed by atoms with Crippen molar-refractivity contribution in [3.8, 4) is 0 Å². The quantitative estimate of drug-likeness (QED) is 0.820. The van der Waals surface area contributed by atoms with E-state index in [1.54, 1.807) is 12.4 Å². The number of rotatable bonds is 3. The summed E-state index contributed by atoms with van der Waals surface area (Å²) in [5.74, 6) is 0.631. The molecule has 4 heteroatoms. The zero-order valence-corrected chi connectivity index (χ0v) is 8.72. The van der Waals surface area contributed by atoms with Gasteiger partial charge in [0.15, 0.2) is 0 Å². The SMILES string of the molecule is CCc1cn(Cc2ccncc2)nc1N. The van der Waals surface area contributed by atoms with Crippen molar-refractivity contribution in [2.75, 3.05) is 5.73 Å². The van der Waals surface area contributed by atoms with Crippen molar-refractivity contribution in [1.82, 2.24) is 14.8 Å². The summed E-state index contributed by atoms with van der Waals surface area (Å²) in [6.07, 6.45) is 6.48. The Hall–Kier alpha value is -1.84. The second-order valence-corrected chi connectivity index (χ2v) is 3.45. The first-order valence-electron chi connectivity index (χ1n) is 5.00. The third-order valence-electron chi connectivity index (χ3n) is 2.34. The minimum atomic E-state index is 0.631. The lowest BCUT2D eigenvalue weighted by atomic mass is 10.2. The van der Waals surface area contributed by atoms with Gasteiger partial charge in [0, 0.05) is 24.2 Å². The Morgan fingerprint density at radius 2 is 2.07 bits per heavy atom. The molecule has 0 atom stereocenters. The van der Waals surface area contributed by atoms with Gasteiger partial charge in [0.05, 0.1) is 6.54 Å². The molecule has 0 bridgehead atoms. The van der Waals surface area contributed by atoms with Crippen molar-refractivity contribution < 1.29 is 0 Å². The molecule has 78 valence electrons. The molecule has 0 aliphatic carbocycles. The Morgan fingerprint density at radius 1 is 1.33 bits per heavy atom. The summed E-state index contributed by atoms with van der Waals surface area (Å²) in [5.41, 5.74) is 8.04. The molecule has 0 fully saturated rings. The highest BCUT2D eigenvalue weighted by Crippen LogP contribution is 2.10. The molecule has 2 aromatic rings. The fraction of sp³-hybridized carbons (Fsp3) is 0.273. The molecule has 4 nitrogen and oxygen atoms in total. The third kappa shape index (κ3) is 2.15. The number of aryl methyl sites for hydroxylation is 1. The van der Waals surface area contributed by atoms with Crippen LogP contribution in [-0.4, -0.2) is 14.8 Å². The van der Waals surface area contributed by atoms with Crippen LogP contribution in [0.1, 0.15) is 18.1 Å². The molecule has 0 aromatic carbocycles. The van der Waals surface area contributed by atoms with E-state index < -0.39 is 0 Å². The maximum absolute atomic E-state index is 5.76. The van der Waals surface area contributed by atoms with Crippen LogP contribution in [0.5, 0.6) is 0 Å². The van der Waals surface area contributed by atoms with E-state index in [0.717, 1.165) is 18.5 Å². The molecule has 0 amide bonds. The average molecular weight is 202 g/mol. The van der Waals surface area contributed by atoms with Crippen LogP contribution in [0, 0.1) is 0 Å². The van der Waals surface area contributed by atoms with Gasteiger partial charge in [-0.15, -0.1) is 0 Å². The van der Waals surface area contributed by atoms with Gasteiger partial charge in [-0.05, 0) is 24.1 Å². The molecular weight excluding hydrogens is 188 g/mol. The predicted octanol–water partition coefficient (Wildman–Crippen LogP) is 1.47. The van der Waals surface area contributed by atoms with Crippen LogP contribution in [0.3, 0.4) is 0 Å². The van der Waals surface area contributed by atoms with Crippen LogP contribution in [-0.2, 0) is 13.0 Å². The first-order chi connectivity index (χ1) is 7.29. The largest absolute Gasteiger partial charge is 0.382 e. The predicted molar refractivity (Wildman–Crippen MR) is 59.4 cm³/mol. The normalized spacial score (nSPS) is 10.5. The lowest BCUT2D eigenvalue weighted by Crippen LogP contribution is -2.00. The van der Waals surface area contributed by atoms with Gasteiger partial charge in [0.2, 0.25) is 0 Å². The van der Waals surface area contributed by atoms with E-state index in [9.17, 15) is 0 Å². The van der Waals surface area contributed by atoms with Crippen molar-refractivity contribution in [2.24, 2.45) is 0 Å². The van der Waals surface area contributed by atoms with E-state index in [0.29, 0.717) is 5.82 Å². The van der Waals surface area contributed by atoms with Crippen LogP contribution >= 0.6 is 0 Å². The maximum atomic E-state index is 5.76. The minimum Gasteiger partial charge on any atom is -0.382 e. The highest BCUT2D eigenvalue weighted by Gasteiger charge is 2.03. The summed E-state index contributed by atoms with van der Waals surface area (Å²) in [4.78, 5) is 3.97. The summed E-state index contributed by atoms with van der Waals surface area (Å²) in [5, 5.41) is 4.25. The van der Waals surface area contributed by atoms with E-state index in [1.165, 1.54) is 5.56 Å². The van der Waals surface area contributed by atoms with E-state index >= 15 is 0 Å². The fourth-order valence-corrected chi connectivity index (χ4v) is 1.51. The number of nitrogens with two attached hydrogens (primary N) is 1. The molecule has 0 saturated carbocycles. The Kier molecular flexibility index (Phi) is 2.67. The first-order valence-corrected chi connectivity index (χ1v) is 5.00. The molecule has 0 aliphatic heterocycles. The van der Waals surface area contributed by atoms with Crippen LogP contribution in [0.25, 0.3) is 0 Å². The van der Waals surface area contributed by atoms with Crippen molar-refractivity contribution in [1.29, 1.82) is 0 Å². The molecule has 2 N–H and O–H groups in total. The summed E-state index contributed by atoms with van der Waals surface area (Å²) in [7, 11) is 0. The Balaban J connectivity index is 2.18. The Bertz CT molecular complexity index is 433. The van der Waals surface area contributed by atoms with Gasteiger partial charge >= 0.3 is 0 Å². The van der Waals surface area contributed by atoms with Crippen LogP contribution in [0.15, 0.2) is 30.7 Å². The standard InChI is InChI=1S/C11H14N4/c1-2-10-8-15(14-11(10)12)7-9-3-5-13-6-4-9/h3-6,8H,2,7H2,1H3,(H2,12,14). The number of hydrogen-bond donors (Lipinski definition) is 1. The molecule has 0 unspecified atom stereocenters.